The maximum Gasteiger partial charge on any atom is 0.231 e. The summed E-state index contributed by atoms with van der Waals surface area (Å²) >= 11 is 0. The summed E-state index contributed by atoms with van der Waals surface area (Å²) in [4.78, 5) is 8.84. The highest BCUT2D eigenvalue weighted by atomic mass is 16.7. The highest BCUT2D eigenvalue weighted by Crippen LogP contribution is 2.29. The molecule has 0 unspecified atom stereocenters. The number of hydrazine groups is 1. The van der Waals surface area contributed by atoms with Crippen molar-refractivity contribution in [2.45, 2.75) is 19.8 Å². The monoisotopic (exact) mass is 388 g/mol. The molecule has 1 aromatic heterocycles. The molecular formula is C23H24N4O2. The first-order chi connectivity index (χ1) is 14.2. The summed E-state index contributed by atoms with van der Waals surface area (Å²) in [7, 11) is 0. The third kappa shape index (κ3) is 4.32. The molecule has 0 radical (unpaired) electrons. The van der Waals surface area contributed by atoms with Crippen molar-refractivity contribution in [2.75, 3.05) is 13.3 Å². The highest BCUT2D eigenvalue weighted by molar-refractivity contribution is 5.94. The van der Waals surface area contributed by atoms with Crippen LogP contribution >= 0.6 is 0 Å². The molecule has 0 saturated carbocycles. The zero-order valence-corrected chi connectivity index (χ0v) is 16.5. The van der Waals surface area contributed by atoms with Crippen LogP contribution in [0.2, 0.25) is 0 Å². The first-order valence-corrected chi connectivity index (χ1v) is 9.66. The van der Waals surface area contributed by atoms with Crippen molar-refractivity contribution in [3.63, 3.8) is 0 Å². The summed E-state index contributed by atoms with van der Waals surface area (Å²) in [6, 6.07) is 4.01. The van der Waals surface area contributed by atoms with E-state index in [4.69, 9.17) is 9.47 Å². The predicted molar refractivity (Wildman–Crippen MR) is 113 cm³/mol. The molecule has 1 fully saturated rings. The Morgan fingerprint density at radius 3 is 3.03 bits per heavy atom. The minimum Gasteiger partial charge on any atom is -0.454 e. The molecule has 0 atom stereocenters. The number of aromatic nitrogens is 1. The number of hydrogen-bond donors (Lipinski definition) is 1. The molecule has 3 aliphatic heterocycles. The Labute approximate surface area is 170 Å². The fraction of sp³-hybridized carbons (Fsp3) is 0.217. The Bertz CT molecular complexity index is 968. The smallest absolute Gasteiger partial charge is 0.231 e. The molecular weight excluding hydrogens is 364 g/mol. The lowest BCUT2D eigenvalue weighted by Gasteiger charge is -2.34. The third-order valence-corrected chi connectivity index (χ3v) is 4.75. The molecule has 0 aromatic carbocycles. The second-order valence-corrected chi connectivity index (χ2v) is 6.71. The van der Waals surface area contributed by atoms with Gasteiger partial charge in [0.15, 0.2) is 11.5 Å². The van der Waals surface area contributed by atoms with E-state index in [2.05, 4.69) is 46.3 Å². The summed E-state index contributed by atoms with van der Waals surface area (Å²) in [6.07, 6.45) is 17.5. The molecule has 1 saturated heterocycles. The van der Waals surface area contributed by atoms with E-state index in [1.54, 1.807) is 6.20 Å². The molecule has 4 rings (SSSR count). The maximum absolute atomic E-state index is 5.56. The van der Waals surface area contributed by atoms with Crippen molar-refractivity contribution in [3.8, 4) is 0 Å². The van der Waals surface area contributed by atoms with E-state index in [1.807, 2.05) is 42.4 Å². The van der Waals surface area contributed by atoms with Gasteiger partial charge in [-0.1, -0.05) is 24.8 Å². The SMILES string of the molecule is C=C(/C=C1/OCO/C1=C/C)C1=CCC=C2C=CC(=NCCc3cccnc3)NN21. The van der Waals surface area contributed by atoms with Crippen molar-refractivity contribution in [2.24, 2.45) is 4.99 Å². The van der Waals surface area contributed by atoms with Crippen molar-refractivity contribution in [1.29, 1.82) is 0 Å². The molecule has 0 amide bonds. The topological polar surface area (TPSA) is 59.0 Å². The van der Waals surface area contributed by atoms with Crippen LogP contribution in [0.15, 0.2) is 101 Å². The summed E-state index contributed by atoms with van der Waals surface area (Å²) in [5, 5.41) is 2.01. The molecule has 0 bridgehead atoms. The van der Waals surface area contributed by atoms with Gasteiger partial charge in [-0.15, -0.1) is 0 Å². The molecule has 6 nitrogen and oxygen atoms in total. The minimum absolute atomic E-state index is 0.238. The zero-order chi connectivity index (χ0) is 20.1. The normalized spacial score (nSPS) is 22.0. The summed E-state index contributed by atoms with van der Waals surface area (Å²) in [5.41, 5.74) is 7.46. The first-order valence-electron chi connectivity index (χ1n) is 9.66. The van der Waals surface area contributed by atoms with E-state index in [1.165, 1.54) is 5.56 Å². The fourth-order valence-corrected chi connectivity index (χ4v) is 3.28. The molecule has 1 N–H and O–H groups in total. The largest absolute Gasteiger partial charge is 0.454 e. The Kier molecular flexibility index (Phi) is 5.61. The Hall–Kier alpha value is -3.54. The summed E-state index contributed by atoms with van der Waals surface area (Å²) in [5.74, 6) is 2.25. The van der Waals surface area contributed by atoms with Crippen molar-refractivity contribution >= 4 is 5.84 Å². The average molecular weight is 388 g/mol. The third-order valence-electron chi connectivity index (χ3n) is 4.75. The van der Waals surface area contributed by atoms with E-state index in [0.717, 1.165) is 41.4 Å². The molecule has 3 aliphatic rings. The number of pyridine rings is 1. The van der Waals surface area contributed by atoms with E-state index >= 15 is 0 Å². The zero-order valence-electron chi connectivity index (χ0n) is 16.5. The van der Waals surface area contributed by atoms with Gasteiger partial charge in [0, 0.05) is 18.9 Å². The average Bonchev–Trinajstić information content (AvgIpc) is 3.21. The van der Waals surface area contributed by atoms with E-state index in [-0.39, 0.29) is 6.79 Å². The number of ether oxygens (including phenoxy) is 2. The van der Waals surface area contributed by atoms with Crippen molar-refractivity contribution in [3.05, 3.63) is 102 Å². The highest BCUT2D eigenvalue weighted by Gasteiger charge is 2.23. The van der Waals surface area contributed by atoms with Crippen LogP contribution in [0.4, 0.5) is 0 Å². The van der Waals surface area contributed by atoms with Crippen LogP contribution in [0.5, 0.6) is 0 Å². The lowest BCUT2D eigenvalue weighted by atomic mass is 10.1. The quantitative estimate of drug-likeness (QED) is 0.829. The van der Waals surface area contributed by atoms with Crippen LogP contribution in [0.1, 0.15) is 18.9 Å². The van der Waals surface area contributed by atoms with Crippen LogP contribution < -0.4 is 5.43 Å². The summed E-state index contributed by atoms with van der Waals surface area (Å²) in [6.45, 7) is 7.09. The van der Waals surface area contributed by atoms with Gasteiger partial charge in [-0.05, 0) is 61.3 Å². The van der Waals surface area contributed by atoms with Gasteiger partial charge in [0.1, 0.15) is 5.84 Å². The molecule has 6 heteroatoms. The van der Waals surface area contributed by atoms with Gasteiger partial charge in [0.05, 0.1) is 11.4 Å². The fourth-order valence-electron chi connectivity index (χ4n) is 3.28. The Balaban J connectivity index is 1.46. The predicted octanol–water partition coefficient (Wildman–Crippen LogP) is 3.92. The van der Waals surface area contributed by atoms with Gasteiger partial charge >= 0.3 is 0 Å². The molecule has 0 spiro atoms. The van der Waals surface area contributed by atoms with Crippen molar-refractivity contribution < 1.29 is 9.47 Å². The number of nitrogens with one attached hydrogen (secondary N) is 1. The van der Waals surface area contributed by atoms with Gasteiger partial charge in [0.2, 0.25) is 6.79 Å². The van der Waals surface area contributed by atoms with Crippen LogP contribution in [0.3, 0.4) is 0 Å². The second-order valence-electron chi connectivity index (χ2n) is 6.71. The maximum atomic E-state index is 5.56. The number of allylic oxidation sites excluding steroid dienone is 5. The Morgan fingerprint density at radius 2 is 2.21 bits per heavy atom. The Morgan fingerprint density at radius 1 is 1.31 bits per heavy atom. The van der Waals surface area contributed by atoms with Gasteiger partial charge in [0.25, 0.3) is 0 Å². The molecule has 148 valence electrons. The number of nitrogens with zero attached hydrogens (tertiary/aromatic N) is 3. The molecule has 0 aliphatic carbocycles. The molecule has 1 aromatic rings. The summed E-state index contributed by atoms with van der Waals surface area (Å²) < 4.78 is 11.0. The van der Waals surface area contributed by atoms with E-state index in [9.17, 15) is 0 Å². The minimum atomic E-state index is 0.238. The molecule has 29 heavy (non-hydrogen) atoms. The van der Waals surface area contributed by atoms with Crippen LogP contribution in [0.25, 0.3) is 0 Å². The van der Waals surface area contributed by atoms with Crippen LogP contribution in [0, 0.1) is 0 Å². The number of rotatable bonds is 5. The van der Waals surface area contributed by atoms with E-state index < -0.39 is 0 Å². The standard InChI is InChI=1S/C23H24N4O2/c1-3-21-22(29-16-28-21)14-17(2)20-8-4-7-19-9-10-23(26-27(19)20)25-13-11-18-6-5-12-24-15-18/h3,5-10,12,14-15H,2,4,11,13,16H2,1H3,(H,25,26)/b21-3+,22-14+. The van der Waals surface area contributed by atoms with Crippen LogP contribution in [-0.2, 0) is 15.9 Å². The number of amidine groups is 1. The van der Waals surface area contributed by atoms with Crippen molar-refractivity contribution in [1.82, 2.24) is 15.4 Å². The second kappa shape index (κ2) is 8.65. The number of aliphatic imine (C=N–C) groups is 1. The lowest BCUT2D eigenvalue weighted by molar-refractivity contribution is 0.0975. The van der Waals surface area contributed by atoms with Crippen LogP contribution in [-0.4, -0.2) is 29.2 Å². The number of hydrogen-bond acceptors (Lipinski definition) is 5. The van der Waals surface area contributed by atoms with E-state index in [0.29, 0.717) is 12.3 Å². The number of fused-ring (bicyclic) bond motifs is 1. The first kappa shape index (κ1) is 18.8. The molecule has 4 heterocycles. The van der Waals surface area contributed by atoms with Gasteiger partial charge in [-0.25, -0.2) is 0 Å². The van der Waals surface area contributed by atoms with Gasteiger partial charge in [-0.2, -0.15) is 0 Å². The van der Waals surface area contributed by atoms with Gasteiger partial charge in [-0.3, -0.25) is 20.4 Å². The lowest BCUT2D eigenvalue weighted by Crippen LogP contribution is -2.43. The van der Waals surface area contributed by atoms with Gasteiger partial charge < -0.3 is 9.47 Å².